The fraction of sp³-hybridized carbons (Fsp3) is 0.489. The average molecular weight is 756 g/mol. The number of allylic oxidation sites excluding steroid dienone is 3. The number of nitrogens with zero attached hydrogens (tertiary/aromatic N) is 1. The minimum atomic E-state index is -2.16. The topological polar surface area (TPSA) is 104 Å². The highest BCUT2D eigenvalue weighted by Crippen LogP contribution is 2.46. The van der Waals surface area contributed by atoms with Crippen LogP contribution in [0.5, 0.6) is 5.75 Å². The Morgan fingerprint density at radius 1 is 0.926 bits per heavy atom. The van der Waals surface area contributed by atoms with E-state index in [1.54, 1.807) is 6.20 Å². The smallest absolute Gasteiger partial charge is 0.306 e. The van der Waals surface area contributed by atoms with E-state index in [2.05, 4.69) is 113 Å². The molecule has 1 saturated heterocycles. The fourth-order valence-corrected chi connectivity index (χ4v) is 7.39. The van der Waals surface area contributed by atoms with Crippen LogP contribution in [0.4, 0.5) is 0 Å². The highest BCUT2D eigenvalue weighted by Gasteiger charge is 2.44. The van der Waals surface area contributed by atoms with Crippen LogP contribution in [0.25, 0.3) is 5.57 Å². The first-order chi connectivity index (χ1) is 25.6. The Bertz CT molecular complexity index is 1710. The van der Waals surface area contributed by atoms with Gasteiger partial charge in [0, 0.05) is 47.7 Å². The molecule has 4 rings (SSSR count). The normalized spacial score (nSPS) is 18.4. The van der Waals surface area contributed by atoms with E-state index in [4.69, 9.17) is 23.7 Å². The van der Waals surface area contributed by atoms with Crippen LogP contribution in [0.2, 0.25) is 18.1 Å². The predicted octanol–water partition coefficient (Wildman–Crippen LogP) is 10.8. The predicted molar refractivity (Wildman–Crippen MR) is 218 cm³/mol. The van der Waals surface area contributed by atoms with Crippen molar-refractivity contribution in [2.45, 2.75) is 122 Å². The molecule has 1 aliphatic rings. The van der Waals surface area contributed by atoms with Crippen LogP contribution in [-0.4, -0.2) is 49.9 Å². The minimum absolute atomic E-state index is 0.0286. The van der Waals surface area contributed by atoms with Crippen molar-refractivity contribution in [3.63, 3.8) is 0 Å². The van der Waals surface area contributed by atoms with Gasteiger partial charge in [-0.25, -0.2) is 0 Å². The van der Waals surface area contributed by atoms with Crippen molar-refractivity contribution in [1.82, 2.24) is 4.98 Å². The first kappa shape index (κ1) is 42.7. The molecule has 1 aromatic heterocycles. The van der Waals surface area contributed by atoms with E-state index in [0.29, 0.717) is 32.5 Å². The number of unbranched alkanes of at least 4 members (excludes halogenated alkanes) is 2. The lowest BCUT2D eigenvalue weighted by atomic mass is 9.81. The number of hydrogen-bond donors (Lipinski definition) is 1. The zero-order valence-electron chi connectivity index (χ0n) is 33.6. The molecular weight excluding hydrogens is 695 g/mol. The number of carbonyl (C=O) groups excluding carboxylic acids is 1. The molecule has 8 nitrogen and oxygen atoms in total. The second-order valence-corrected chi connectivity index (χ2v) is 21.0. The van der Waals surface area contributed by atoms with Crippen LogP contribution in [0.15, 0.2) is 91.3 Å². The molecule has 2 aromatic carbocycles. The third-order valence-corrected chi connectivity index (χ3v) is 15.0. The second kappa shape index (κ2) is 19.5. The zero-order chi connectivity index (χ0) is 39.4. The Labute approximate surface area is 324 Å². The lowest BCUT2D eigenvalue weighted by Gasteiger charge is -2.44. The maximum Gasteiger partial charge on any atom is 0.306 e. The van der Waals surface area contributed by atoms with E-state index in [0.717, 1.165) is 52.8 Å². The number of carboxylic acid groups (broad SMARTS) is 1. The quantitative estimate of drug-likeness (QED) is 0.0592. The van der Waals surface area contributed by atoms with Gasteiger partial charge in [0.15, 0.2) is 6.29 Å². The number of rotatable bonds is 18. The molecule has 292 valence electrons. The lowest BCUT2D eigenvalue weighted by Crippen LogP contribution is -2.46. The number of ether oxygens (including phenoxy) is 3. The number of pyridine rings is 1. The summed E-state index contributed by atoms with van der Waals surface area (Å²) < 4.78 is 25.7. The number of benzene rings is 2. The summed E-state index contributed by atoms with van der Waals surface area (Å²) in [6.45, 7) is 18.3. The van der Waals surface area contributed by atoms with Crippen LogP contribution in [-0.2, 0) is 29.2 Å². The van der Waals surface area contributed by atoms with E-state index in [-0.39, 0.29) is 29.5 Å². The highest BCUT2D eigenvalue weighted by molar-refractivity contribution is 6.74. The lowest BCUT2D eigenvalue weighted by molar-refractivity contribution is -0.262. The van der Waals surface area contributed by atoms with Crippen molar-refractivity contribution in [2.24, 2.45) is 5.92 Å². The van der Waals surface area contributed by atoms with Gasteiger partial charge in [0.2, 0.25) is 8.32 Å². The number of hydrogen-bond acceptors (Lipinski definition) is 7. The van der Waals surface area contributed by atoms with Crippen LogP contribution < -0.4 is 4.43 Å². The fourth-order valence-electron chi connectivity index (χ4n) is 6.35. The highest BCUT2D eigenvalue weighted by atomic mass is 28.4. The number of aromatic nitrogens is 1. The van der Waals surface area contributed by atoms with E-state index < -0.39 is 26.0 Å². The molecule has 9 heteroatoms. The SMILES string of the molecule is CCOC(=O)CC/C=C\C[C@@H]1CO[C@H](C(C)(C)c2ccc(/C(=C\CCCCC(=O)O)c3cccnc3)cc2)O[C@@H]1c1ccccc1O[Si](C)(C)C(C)(C)C. The van der Waals surface area contributed by atoms with Crippen molar-refractivity contribution >= 4 is 25.8 Å². The second-order valence-electron chi connectivity index (χ2n) is 16.2. The Morgan fingerprint density at radius 3 is 2.33 bits per heavy atom. The van der Waals surface area contributed by atoms with Crippen molar-refractivity contribution in [2.75, 3.05) is 13.2 Å². The molecule has 0 aliphatic carbocycles. The van der Waals surface area contributed by atoms with Crippen molar-refractivity contribution in [3.05, 3.63) is 114 Å². The van der Waals surface area contributed by atoms with Gasteiger partial charge in [-0.2, -0.15) is 0 Å². The number of carboxylic acids is 1. The summed E-state index contributed by atoms with van der Waals surface area (Å²) in [6.07, 6.45) is 13.3. The van der Waals surface area contributed by atoms with Gasteiger partial charge in [-0.15, -0.1) is 0 Å². The third kappa shape index (κ3) is 11.7. The average Bonchev–Trinajstić information content (AvgIpc) is 3.13. The Balaban J connectivity index is 1.60. The first-order valence-electron chi connectivity index (χ1n) is 19.4. The number of esters is 1. The Morgan fingerprint density at radius 2 is 1.67 bits per heavy atom. The molecule has 3 aromatic rings. The monoisotopic (exact) mass is 755 g/mol. The van der Waals surface area contributed by atoms with E-state index in [1.807, 2.05) is 31.3 Å². The van der Waals surface area contributed by atoms with Crippen LogP contribution in [0.1, 0.15) is 115 Å². The largest absolute Gasteiger partial charge is 0.543 e. The van der Waals surface area contributed by atoms with Gasteiger partial charge in [0.25, 0.3) is 0 Å². The van der Waals surface area contributed by atoms with E-state index in [1.165, 1.54) is 0 Å². The molecule has 0 unspecified atom stereocenters. The number of para-hydroxylation sites is 1. The summed E-state index contributed by atoms with van der Waals surface area (Å²) in [5.41, 5.74) is 4.78. The molecule has 3 atom stereocenters. The van der Waals surface area contributed by atoms with Crippen molar-refractivity contribution in [3.8, 4) is 5.75 Å². The molecule has 0 saturated carbocycles. The molecule has 54 heavy (non-hydrogen) atoms. The van der Waals surface area contributed by atoms with Gasteiger partial charge < -0.3 is 23.7 Å². The van der Waals surface area contributed by atoms with Gasteiger partial charge in [0.05, 0.1) is 19.3 Å². The summed E-state index contributed by atoms with van der Waals surface area (Å²) in [4.78, 5) is 27.2. The van der Waals surface area contributed by atoms with Gasteiger partial charge in [0.1, 0.15) is 5.75 Å². The maximum atomic E-state index is 11.9. The van der Waals surface area contributed by atoms with Crippen LogP contribution in [0, 0.1) is 5.92 Å². The molecule has 0 bridgehead atoms. The van der Waals surface area contributed by atoms with Crippen molar-refractivity contribution < 1.29 is 33.3 Å². The first-order valence-corrected chi connectivity index (χ1v) is 22.3. The Kier molecular flexibility index (Phi) is 15.4. The van der Waals surface area contributed by atoms with Crippen molar-refractivity contribution in [1.29, 1.82) is 0 Å². The molecular formula is C45H61NO7Si. The molecule has 1 fully saturated rings. The number of aliphatic carboxylic acids is 1. The summed E-state index contributed by atoms with van der Waals surface area (Å²) in [6, 6.07) is 20.8. The van der Waals surface area contributed by atoms with E-state index >= 15 is 0 Å². The van der Waals surface area contributed by atoms with Gasteiger partial charge in [-0.3, -0.25) is 14.6 Å². The third-order valence-electron chi connectivity index (χ3n) is 10.7. The number of carbonyl (C=O) groups is 2. The molecule has 0 spiro atoms. The van der Waals surface area contributed by atoms with Gasteiger partial charge in [-0.1, -0.05) is 101 Å². The standard InChI is InChI=1S/C45H61NO7Si/c1-9-50-41(49)25-15-10-12-19-35-32-51-43(52-42(35)38-22-16-17-23-39(38)53-54(7,8)44(2,3)4)45(5,6)36-28-26-33(27-29-36)37(34-20-18-30-46-31-34)21-13-11-14-24-40(47)48/h10,12,16-18,20-23,26-31,35,42-43H,9,11,13-15,19,24-25,32H2,1-8H3,(H,47,48)/b12-10-,37-21+/t35-,42+,43+/m1/s1. The molecule has 2 heterocycles. The van der Waals surface area contributed by atoms with Gasteiger partial charge >= 0.3 is 11.9 Å². The zero-order valence-corrected chi connectivity index (χ0v) is 34.6. The maximum absolute atomic E-state index is 11.9. The summed E-state index contributed by atoms with van der Waals surface area (Å²) in [7, 11) is -2.16. The summed E-state index contributed by atoms with van der Waals surface area (Å²) >= 11 is 0. The minimum Gasteiger partial charge on any atom is -0.543 e. The molecule has 0 radical (unpaired) electrons. The Hall–Kier alpha value is -4.05. The van der Waals surface area contributed by atoms with Gasteiger partial charge in [-0.05, 0) is 86.0 Å². The molecule has 0 amide bonds. The van der Waals surface area contributed by atoms with Crippen LogP contribution in [0.3, 0.4) is 0 Å². The van der Waals surface area contributed by atoms with Crippen LogP contribution >= 0.6 is 0 Å². The molecule has 1 aliphatic heterocycles. The molecule has 1 N–H and O–H groups in total. The summed E-state index contributed by atoms with van der Waals surface area (Å²) in [5, 5.41) is 9.08. The summed E-state index contributed by atoms with van der Waals surface area (Å²) in [5.74, 6) is -0.0479. The van der Waals surface area contributed by atoms with E-state index in [9.17, 15) is 9.59 Å².